The molecule has 0 amide bonds. The number of benzene rings is 1. The van der Waals surface area contributed by atoms with Crippen molar-refractivity contribution < 1.29 is 0 Å². The molecule has 1 aliphatic rings. The Kier molecular flexibility index (Phi) is 4.31. The van der Waals surface area contributed by atoms with E-state index in [1.165, 1.54) is 11.8 Å². The molecule has 5 heteroatoms. The second kappa shape index (κ2) is 5.49. The van der Waals surface area contributed by atoms with Crippen LogP contribution in [0.1, 0.15) is 26.3 Å². The van der Waals surface area contributed by atoms with Gasteiger partial charge in [0, 0.05) is 26.6 Å². The van der Waals surface area contributed by atoms with Crippen molar-refractivity contribution in [3.05, 3.63) is 39.9 Å². The van der Waals surface area contributed by atoms with Gasteiger partial charge in [-0.2, -0.15) is 0 Å². The van der Waals surface area contributed by atoms with E-state index in [-0.39, 0.29) is 10.9 Å². The van der Waals surface area contributed by atoms with Crippen molar-refractivity contribution in [2.24, 2.45) is 16.1 Å². The Bertz CT molecular complexity index is 559. The maximum Gasteiger partial charge on any atom is 0.149 e. The van der Waals surface area contributed by atoms with E-state index in [1.54, 1.807) is 6.07 Å². The topological polar surface area (TPSA) is 38.4 Å². The summed E-state index contributed by atoms with van der Waals surface area (Å²) < 4.78 is 0. The molecule has 1 atom stereocenters. The summed E-state index contributed by atoms with van der Waals surface area (Å²) in [6.45, 7) is 6.35. The summed E-state index contributed by atoms with van der Waals surface area (Å²) >= 11 is 13.7. The maximum absolute atomic E-state index is 6.25. The van der Waals surface area contributed by atoms with Crippen molar-refractivity contribution in [2.75, 3.05) is 0 Å². The van der Waals surface area contributed by atoms with E-state index in [4.69, 9.17) is 28.9 Å². The number of rotatable bonds is 1. The Balaban J connectivity index is 2.45. The van der Waals surface area contributed by atoms with Crippen LogP contribution < -0.4 is 5.73 Å². The lowest BCUT2D eigenvalue weighted by atomic mass is 9.89. The monoisotopic (exact) mass is 314 g/mol. The van der Waals surface area contributed by atoms with E-state index in [2.05, 4.69) is 31.8 Å². The summed E-state index contributed by atoms with van der Waals surface area (Å²) in [6.07, 6.45) is 2.06. The fourth-order valence-corrected chi connectivity index (χ4v) is 3.21. The van der Waals surface area contributed by atoms with E-state index in [0.717, 1.165) is 16.2 Å². The van der Waals surface area contributed by atoms with Crippen molar-refractivity contribution in [3.63, 3.8) is 0 Å². The first-order valence-electron chi connectivity index (χ1n) is 5.95. The van der Waals surface area contributed by atoms with Crippen molar-refractivity contribution in [1.82, 2.24) is 0 Å². The van der Waals surface area contributed by atoms with Crippen LogP contribution in [0, 0.1) is 5.41 Å². The summed E-state index contributed by atoms with van der Waals surface area (Å²) in [4.78, 5) is 5.52. The van der Waals surface area contributed by atoms with E-state index >= 15 is 0 Å². The molecule has 1 aromatic rings. The SMILES string of the molecule is CC(C)(C)C1=NC(N)SC(c2ccc(Cl)cc2Cl)=C1. The third-order valence-electron chi connectivity index (χ3n) is 2.75. The lowest BCUT2D eigenvalue weighted by Gasteiger charge is -2.26. The number of hydrogen-bond acceptors (Lipinski definition) is 3. The van der Waals surface area contributed by atoms with Crippen LogP contribution in [-0.4, -0.2) is 11.2 Å². The quantitative estimate of drug-likeness (QED) is 0.807. The van der Waals surface area contributed by atoms with Gasteiger partial charge in [0.1, 0.15) is 5.50 Å². The van der Waals surface area contributed by atoms with Crippen LogP contribution in [0.3, 0.4) is 0 Å². The first-order valence-corrected chi connectivity index (χ1v) is 7.58. The van der Waals surface area contributed by atoms with E-state index in [0.29, 0.717) is 10.0 Å². The second-order valence-electron chi connectivity index (χ2n) is 5.41. The molecule has 102 valence electrons. The minimum Gasteiger partial charge on any atom is -0.301 e. The van der Waals surface area contributed by atoms with Gasteiger partial charge in [-0.1, -0.05) is 61.8 Å². The molecule has 0 bridgehead atoms. The summed E-state index contributed by atoms with van der Waals surface area (Å²) in [6, 6.07) is 5.49. The molecule has 0 spiro atoms. The average Bonchev–Trinajstić information content (AvgIpc) is 2.26. The molecule has 1 aromatic carbocycles. The van der Waals surface area contributed by atoms with Gasteiger partial charge in [-0.3, -0.25) is 4.99 Å². The average molecular weight is 315 g/mol. The first-order chi connectivity index (χ1) is 8.77. The summed E-state index contributed by atoms with van der Waals surface area (Å²) in [5.41, 5.74) is 7.60. The van der Waals surface area contributed by atoms with Crippen LogP contribution >= 0.6 is 35.0 Å². The molecular formula is C14H16Cl2N2S. The molecule has 2 rings (SSSR count). The smallest absolute Gasteiger partial charge is 0.149 e. The zero-order chi connectivity index (χ0) is 14.2. The van der Waals surface area contributed by atoms with Gasteiger partial charge in [0.05, 0.1) is 5.02 Å². The Morgan fingerprint density at radius 3 is 2.53 bits per heavy atom. The Labute approximate surface area is 128 Å². The van der Waals surface area contributed by atoms with Gasteiger partial charge in [-0.15, -0.1) is 0 Å². The van der Waals surface area contributed by atoms with Crippen molar-refractivity contribution in [3.8, 4) is 0 Å². The van der Waals surface area contributed by atoms with E-state index in [9.17, 15) is 0 Å². The van der Waals surface area contributed by atoms with Gasteiger partial charge >= 0.3 is 0 Å². The van der Waals surface area contributed by atoms with Gasteiger partial charge in [-0.05, 0) is 18.2 Å². The third-order valence-corrected chi connectivity index (χ3v) is 4.23. The molecule has 2 nitrogen and oxygen atoms in total. The van der Waals surface area contributed by atoms with Gasteiger partial charge in [-0.25, -0.2) is 0 Å². The number of hydrogen-bond donors (Lipinski definition) is 1. The van der Waals surface area contributed by atoms with Crippen LogP contribution in [0.15, 0.2) is 29.3 Å². The molecule has 0 aliphatic carbocycles. The van der Waals surface area contributed by atoms with Crippen molar-refractivity contribution in [2.45, 2.75) is 26.3 Å². The zero-order valence-corrected chi connectivity index (χ0v) is 13.4. The molecule has 1 unspecified atom stereocenters. The predicted molar refractivity (Wildman–Crippen MR) is 86.9 cm³/mol. The summed E-state index contributed by atoms with van der Waals surface area (Å²) in [5, 5.41) is 1.26. The van der Waals surface area contributed by atoms with Crippen LogP contribution in [0.5, 0.6) is 0 Å². The summed E-state index contributed by atoms with van der Waals surface area (Å²) in [5.74, 6) is 0. The van der Waals surface area contributed by atoms with Crippen LogP contribution in [-0.2, 0) is 0 Å². The number of aliphatic imine (C=N–C) groups is 1. The van der Waals surface area contributed by atoms with Gasteiger partial charge < -0.3 is 5.73 Å². The number of thioether (sulfide) groups is 1. The molecule has 2 N–H and O–H groups in total. The Hall–Kier alpha value is -0.480. The lowest BCUT2D eigenvalue weighted by Crippen LogP contribution is -2.26. The summed E-state index contributed by atoms with van der Waals surface area (Å²) in [7, 11) is 0. The maximum atomic E-state index is 6.25. The Morgan fingerprint density at radius 1 is 1.26 bits per heavy atom. The molecule has 1 aliphatic heterocycles. The van der Waals surface area contributed by atoms with E-state index < -0.39 is 0 Å². The molecule has 0 saturated carbocycles. The molecule has 0 saturated heterocycles. The molecule has 0 fully saturated rings. The molecule has 0 radical (unpaired) electrons. The molecule has 0 aromatic heterocycles. The molecule has 19 heavy (non-hydrogen) atoms. The normalized spacial score (nSPS) is 20.0. The van der Waals surface area contributed by atoms with E-state index in [1.807, 2.05) is 12.1 Å². The van der Waals surface area contributed by atoms with Gasteiger partial charge in [0.15, 0.2) is 0 Å². The van der Waals surface area contributed by atoms with Crippen LogP contribution in [0.25, 0.3) is 4.91 Å². The Morgan fingerprint density at radius 2 is 1.95 bits per heavy atom. The minimum atomic E-state index is -0.291. The fraction of sp³-hybridized carbons (Fsp3) is 0.357. The lowest BCUT2D eigenvalue weighted by molar-refractivity contribution is 0.590. The van der Waals surface area contributed by atoms with Crippen molar-refractivity contribution >= 4 is 45.6 Å². The predicted octanol–water partition coefficient (Wildman–Crippen LogP) is 4.81. The molecular weight excluding hydrogens is 299 g/mol. The highest BCUT2D eigenvalue weighted by Crippen LogP contribution is 2.39. The first kappa shape index (κ1) is 14.9. The number of halogens is 2. The van der Waals surface area contributed by atoms with Crippen LogP contribution in [0.4, 0.5) is 0 Å². The largest absolute Gasteiger partial charge is 0.301 e. The van der Waals surface area contributed by atoms with Gasteiger partial charge in [0.2, 0.25) is 0 Å². The number of nitrogens with zero attached hydrogens (tertiary/aromatic N) is 1. The number of nitrogens with two attached hydrogens (primary N) is 1. The fourth-order valence-electron chi connectivity index (χ4n) is 1.73. The highest BCUT2D eigenvalue weighted by Gasteiger charge is 2.24. The highest BCUT2D eigenvalue weighted by molar-refractivity contribution is 8.08. The molecule has 1 heterocycles. The van der Waals surface area contributed by atoms with Gasteiger partial charge in [0.25, 0.3) is 0 Å². The van der Waals surface area contributed by atoms with Crippen molar-refractivity contribution in [1.29, 1.82) is 0 Å². The van der Waals surface area contributed by atoms with Crippen LogP contribution in [0.2, 0.25) is 10.0 Å². The standard InChI is InChI=1S/C14H16Cl2N2S/c1-14(2,3)12-7-11(19-13(17)18-12)9-5-4-8(15)6-10(9)16/h4-7,13H,17H2,1-3H3. The second-order valence-corrected chi connectivity index (χ2v) is 7.41. The third kappa shape index (κ3) is 3.54. The highest BCUT2D eigenvalue weighted by atomic mass is 35.5. The zero-order valence-electron chi connectivity index (χ0n) is 11.1. The number of allylic oxidation sites excluding steroid dienone is 1. The minimum absolute atomic E-state index is 0.0389.